The van der Waals surface area contributed by atoms with Crippen LogP contribution in [0.1, 0.15) is 5.69 Å². The van der Waals surface area contributed by atoms with Crippen molar-refractivity contribution in [2.45, 2.75) is 19.3 Å². The van der Waals surface area contributed by atoms with Gasteiger partial charge in [-0.2, -0.15) is 10.2 Å². The number of halogens is 1. The zero-order valence-corrected chi connectivity index (χ0v) is 15.3. The van der Waals surface area contributed by atoms with E-state index in [1.807, 2.05) is 0 Å². The molecule has 150 valence electrons. The van der Waals surface area contributed by atoms with Crippen LogP contribution in [0.2, 0.25) is 0 Å². The van der Waals surface area contributed by atoms with Crippen LogP contribution in [0.3, 0.4) is 0 Å². The number of aromatic nitrogens is 4. The first-order chi connectivity index (χ1) is 14.0. The molecular weight excluding hydrogens is 385 g/mol. The topological polar surface area (TPSA) is 114 Å². The van der Waals surface area contributed by atoms with Crippen molar-refractivity contribution in [2.75, 3.05) is 13.7 Å². The molecular formula is C18H16FN5O5. The predicted octanol–water partition coefficient (Wildman–Crippen LogP) is 2.37. The van der Waals surface area contributed by atoms with Crippen molar-refractivity contribution in [3.8, 4) is 23.0 Å². The Labute approximate surface area is 164 Å². The van der Waals surface area contributed by atoms with Crippen LogP contribution in [-0.4, -0.2) is 44.5 Å². The normalized spacial score (nSPS) is 15.4. The highest BCUT2D eigenvalue weighted by Crippen LogP contribution is 2.25. The van der Waals surface area contributed by atoms with Crippen LogP contribution >= 0.6 is 0 Å². The van der Waals surface area contributed by atoms with Gasteiger partial charge in [-0.05, 0) is 35.3 Å². The van der Waals surface area contributed by atoms with Gasteiger partial charge in [0.05, 0.1) is 31.6 Å². The van der Waals surface area contributed by atoms with E-state index in [-0.39, 0.29) is 36.9 Å². The monoisotopic (exact) mass is 401 g/mol. The molecule has 0 saturated carbocycles. The summed E-state index contributed by atoms with van der Waals surface area (Å²) in [7, 11) is 1.40. The summed E-state index contributed by atoms with van der Waals surface area (Å²) in [5.74, 6) is -0.583. The highest BCUT2D eigenvalue weighted by Gasteiger charge is 2.28. The van der Waals surface area contributed by atoms with Crippen LogP contribution in [0.25, 0.3) is 11.3 Å². The fraction of sp³-hybridized carbons (Fsp3) is 0.278. The van der Waals surface area contributed by atoms with Crippen molar-refractivity contribution < 1.29 is 23.5 Å². The number of hydrogen-bond acceptors (Lipinski definition) is 8. The standard InChI is InChI=1S/C18H16FN5O5/c1-27-16-5-2-11(6-14(16)19)15-4-3-12(21-22-15)9-28-13-7-23-8-17(24(25)26)20-18(23)29-10-13/h2-6,8,13H,7,9-10H2,1H3/t13-/m0/s1. The lowest BCUT2D eigenvalue weighted by atomic mass is 10.1. The molecule has 29 heavy (non-hydrogen) atoms. The largest absolute Gasteiger partial charge is 0.494 e. The maximum absolute atomic E-state index is 13.8. The van der Waals surface area contributed by atoms with Crippen molar-refractivity contribution >= 4 is 5.82 Å². The second kappa shape index (κ2) is 7.80. The molecule has 1 aliphatic heterocycles. The van der Waals surface area contributed by atoms with E-state index in [0.29, 0.717) is 23.5 Å². The van der Waals surface area contributed by atoms with Crippen LogP contribution in [0, 0.1) is 15.9 Å². The number of imidazole rings is 1. The van der Waals surface area contributed by atoms with Gasteiger partial charge in [0, 0.05) is 10.5 Å². The number of hydrogen-bond donors (Lipinski definition) is 0. The first kappa shape index (κ1) is 18.7. The minimum absolute atomic E-state index is 0.160. The Morgan fingerprint density at radius 3 is 2.90 bits per heavy atom. The molecule has 0 radical (unpaired) electrons. The van der Waals surface area contributed by atoms with E-state index in [0.717, 1.165) is 0 Å². The molecule has 1 aromatic carbocycles. The van der Waals surface area contributed by atoms with Crippen molar-refractivity contribution in [3.63, 3.8) is 0 Å². The molecule has 0 fully saturated rings. The molecule has 1 aliphatic rings. The maximum atomic E-state index is 13.8. The second-order valence-electron chi connectivity index (χ2n) is 6.29. The van der Waals surface area contributed by atoms with E-state index in [1.165, 1.54) is 25.4 Å². The van der Waals surface area contributed by atoms with Crippen LogP contribution in [0.4, 0.5) is 10.2 Å². The average molecular weight is 401 g/mol. The van der Waals surface area contributed by atoms with Gasteiger partial charge in [-0.3, -0.25) is 4.57 Å². The lowest BCUT2D eigenvalue weighted by Crippen LogP contribution is -2.32. The maximum Gasteiger partial charge on any atom is 0.414 e. The third-order valence-corrected chi connectivity index (χ3v) is 4.35. The Balaban J connectivity index is 1.37. The van der Waals surface area contributed by atoms with Gasteiger partial charge in [0.2, 0.25) is 0 Å². The minimum Gasteiger partial charge on any atom is -0.494 e. The summed E-state index contributed by atoms with van der Waals surface area (Å²) in [5, 5.41) is 19.0. The van der Waals surface area contributed by atoms with Gasteiger partial charge in [-0.15, -0.1) is 0 Å². The van der Waals surface area contributed by atoms with E-state index in [9.17, 15) is 14.5 Å². The molecule has 1 atom stereocenters. The molecule has 11 heteroatoms. The highest BCUT2D eigenvalue weighted by atomic mass is 19.1. The van der Waals surface area contributed by atoms with E-state index >= 15 is 0 Å². The van der Waals surface area contributed by atoms with E-state index in [1.54, 1.807) is 22.8 Å². The second-order valence-corrected chi connectivity index (χ2v) is 6.29. The van der Waals surface area contributed by atoms with E-state index < -0.39 is 10.7 Å². The Morgan fingerprint density at radius 2 is 2.21 bits per heavy atom. The van der Waals surface area contributed by atoms with E-state index in [4.69, 9.17) is 14.2 Å². The first-order valence-electron chi connectivity index (χ1n) is 8.66. The number of benzene rings is 1. The molecule has 10 nitrogen and oxygen atoms in total. The van der Waals surface area contributed by atoms with Crippen molar-refractivity contribution in [1.29, 1.82) is 0 Å². The number of nitrogens with zero attached hydrogens (tertiary/aromatic N) is 5. The summed E-state index contributed by atoms with van der Waals surface area (Å²) in [5.41, 5.74) is 1.69. The zero-order valence-electron chi connectivity index (χ0n) is 15.3. The van der Waals surface area contributed by atoms with Crippen LogP contribution in [-0.2, 0) is 17.9 Å². The van der Waals surface area contributed by atoms with Crippen molar-refractivity contribution in [2.24, 2.45) is 0 Å². The summed E-state index contributed by atoms with van der Waals surface area (Å²) in [4.78, 5) is 14.0. The summed E-state index contributed by atoms with van der Waals surface area (Å²) in [6.45, 7) is 0.794. The molecule has 0 N–H and O–H groups in total. The summed E-state index contributed by atoms with van der Waals surface area (Å²) >= 11 is 0. The number of nitro groups is 1. The Hall–Kier alpha value is -3.60. The molecule has 0 saturated heterocycles. The fourth-order valence-electron chi connectivity index (χ4n) is 2.88. The SMILES string of the molecule is COc1ccc(-c2ccc(CO[C@@H]3COc4nc([N+](=O)[O-])cn4C3)nn2)cc1F. The van der Waals surface area contributed by atoms with Gasteiger partial charge >= 0.3 is 11.8 Å². The number of ether oxygens (including phenoxy) is 3. The van der Waals surface area contributed by atoms with Crippen LogP contribution in [0.15, 0.2) is 36.5 Å². The smallest absolute Gasteiger partial charge is 0.414 e. The predicted molar refractivity (Wildman–Crippen MR) is 96.9 cm³/mol. The third-order valence-electron chi connectivity index (χ3n) is 4.35. The molecule has 0 spiro atoms. The molecule has 0 aliphatic carbocycles. The van der Waals surface area contributed by atoms with Gasteiger partial charge in [0.25, 0.3) is 0 Å². The van der Waals surface area contributed by atoms with Crippen molar-refractivity contribution in [1.82, 2.24) is 19.7 Å². The quantitative estimate of drug-likeness (QED) is 0.457. The lowest BCUT2D eigenvalue weighted by Gasteiger charge is -2.22. The fourth-order valence-corrected chi connectivity index (χ4v) is 2.88. The number of methoxy groups -OCH3 is 1. The Kier molecular flexibility index (Phi) is 5.04. The van der Waals surface area contributed by atoms with Crippen LogP contribution in [0.5, 0.6) is 11.8 Å². The molecule has 3 heterocycles. The summed E-state index contributed by atoms with van der Waals surface area (Å²) < 4.78 is 31.5. The van der Waals surface area contributed by atoms with Crippen LogP contribution < -0.4 is 9.47 Å². The van der Waals surface area contributed by atoms with Gasteiger partial charge in [-0.25, -0.2) is 4.39 Å². The number of fused-ring (bicyclic) bond motifs is 1. The van der Waals surface area contributed by atoms with Gasteiger partial charge in [-0.1, -0.05) is 0 Å². The average Bonchev–Trinajstić information content (AvgIpc) is 3.16. The minimum atomic E-state index is -0.573. The molecule has 0 bridgehead atoms. The van der Waals surface area contributed by atoms with Gasteiger partial charge < -0.3 is 24.3 Å². The molecule has 3 aromatic rings. The molecule has 0 unspecified atom stereocenters. The Morgan fingerprint density at radius 1 is 1.34 bits per heavy atom. The summed E-state index contributed by atoms with van der Waals surface area (Å²) in [6, 6.07) is 8.22. The highest BCUT2D eigenvalue weighted by molar-refractivity contribution is 5.59. The molecule has 0 amide bonds. The zero-order chi connectivity index (χ0) is 20.4. The van der Waals surface area contributed by atoms with Gasteiger partial charge in [0.1, 0.15) is 18.9 Å². The first-order valence-corrected chi connectivity index (χ1v) is 8.66. The molecule has 2 aromatic heterocycles. The lowest BCUT2D eigenvalue weighted by molar-refractivity contribution is -0.389. The molecule has 4 rings (SSSR count). The number of rotatable bonds is 6. The summed E-state index contributed by atoms with van der Waals surface area (Å²) in [6.07, 6.45) is 1.00. The van der Waals surface area contributed by atoms with Crippen molar-refractivity contribution in [3.05, 3.63) is 58.2 Å². The Bertz CT molecular complexity index is 1040. The third kappa shape index (κ3) is 3.99. The van der Waals surface area contributed by atoms with Gasteiger partial charge in [0.15, 0.2) is 11.6 Å². The van der Waals surface area contributed by atoms with E-state index in [2.05, 4.69) is 15.2 Å².